The van der Waals surface area contributed by atoms with Gasteiger partial charge in [-0.3, -0.25) is 4.79 Å². The molecule has 5 heteroatoms. The molecule has 0 radical (unpaired) electrons. The molecule has 0 aromatic heterocycles. The number of para-hydroxylation sites is 1. The van der Waals surface area contributed by atoms with Crippen molar-refractivity contribution in [3.8, 4) is 0 Å². The Morgan fingerprint density at radius 1 is 1.03 bits per heavy atom. The van der Waals surface area contributed by atoms with E-state index in [1.807, 2.05) is 37.4 Å². The Hall–Kier alpha value is -1.43. The zero-order chi connectivity index (χ0) is 25.8. The number of amides is 1. The van der Waals surface area contributed by atoms with E-state index in [1.54, 1.807) is 4.90 Å². The third-order valence-corrected chi connectivity index (χ3v) is 11.9. The highest BCUT2D eigenvalue weighted by molar-refractivity contribution is 5.92. The molecule has 0 spiro atoms. The van der Waals surface area contributed by atoms with Crippen LogP contribution in [0.4, 0.5) is 5.69 Å². The molecule has 1 aromatic rings. The van der Waals surface area contributed by atoms with Crippen molar-refractivity contribution < 1.29 is 20.1 Å². The summed E-state index contributed by atoms with van der Waals surface area (Å²) in [5.41, 5.74) is 0.807. The second-order valence-corrected chi connectivity index (χ2v) is 13.3. The van der Waals surface area contributed by atoms with Gasteiger partial charge in [0.1, 0.15) is 0 Å². The zero-order valence-corrected chi connectivity index (χ0v) is 22.6. The average molecular weight is 498 g/mol. The summed E-state index contributed by atoms with van der Waals surface area (Å²) in [5.74, 6) is 2.06. The maximum atomic E-state index is 12.9. The SMILES string of the molecule is C[C@H](CCC(=O)N(C)c1ccccc1)[C@H]1CC[C@H]2[C@@H]3[C@H](O)C[C@@H]4C[C@H](O)CC[C@]4(C)[C@H]3C[C@H](O)[C@]12C. The van der Waals surface area contributed by atoms with Gasteiger partial charge in [-0.15, -0.1) is 0 Å². The largest absolute Gasteiger partial charge is 0.393 e. The van der Waals surface area contributed by atoms with E-state index in [2.05, 4.69) is 20.8 Å². The topological polar surface area (TPSA) is 81.0 Å². The number of aliphatic hydroxyl groups excluding tert-OH is 3. The van der Waals surface area contributed by atoms with Crippen LogP contribution in [0.1, 0.15) is 78.6 Å². The summed E-state index contributed by atoms with van der Waals surface area (Å²) in [6.07, 6.45) is 6.68. The highest BCUT2D eigenvalue weighted by Gasteiger charge is 2.65. The number of hydrogen-bond donors (Lipinski definition) is 3. The minimum atomic E-state index is -0.379. The molecule has 0 heterocycles. The van der Waals surface area contributed by atoms with E-state index < -0.39 is 0 Å². The molecular formula is C31H47NO4. The summed E-state index contributed by atoms with van der Waals surface area (Å²) in [7, 11) is 1.85. The van der Waals surface area contributed by atoms with Crippen molar-refractivity contribution >= 4 is 11.6 Å². The Morgan fingerprint density at radius 3 is 2.47 bits per heavy atom. The third kappa shape index (κ3) is 4.14. The standard InChI is InChI=1S/C31H47NO4/c1-19(10-13-28(36)32(4)21-8-6-5-7-9-21)23-11-12-24-29-25(18-27(35)31(23,24)3)30(2)15-14-22(33)16-20(30)17-26(29)34/h5-9,19-20,22-27,29,33-35H,10-18H2,1-4H3/t19-,20+,22-,23-,24+,25+,26-,27+,29+,30+,31-/m1/s1. The van der Waals surface area contributed by atoms with Gasteiger partial charge in [0.2, 0.25) is 5.91 Å². The quantitative estimate of drug-likeness (QED) is 0.533. The van der Waals surface area contributed by atoms with Crippen molar-refractivity contribution in [3.05, 3.63) is 30.3 Å². The molecule has 4 aliphatic rings. The van der Waals surface area contributed by atoms with Crippen LogP contribution in [0.5, 0.6) is 0 Å². The van der Waals surface area contributed by atoms with Gasteiger partial charge in [0.25, 0.3) is 0 Å². The minimum Gasteiger partial charge on any atom is -0.393 e. The Bertz CT molecular complexity index is 938. The van der Waals surface area contributed by atoms with Gasteiger partial charge in [-0.25, -0.2) is 0 Å². The summed E-state index contributed by atoms with van der Waals surface area (Å²) in [4.78, 5) is 14.7. The minimum absolute atomic E-state index is 0.101. The normalized spacial score (nSPS) is 44.8. The second kappa shape index (κ2) is 9.71. The van der Waals surface area contributed by atoms with Crippen LogP contribution in [0.25, 0.3) is 0 Å². The number of benzene rings is 1. The molecule has 4 fully saturated rings. The van der Waals surface area contributed by atoms with Crippen molar-refractivity contribution in [2.24, 2.45) is 46.3 Å². The van der Waals surface area contributed by atoms with Gasteiger partial charge in [0, 0.05) is 19.2 Å². The molecule has 36 heavy (non-hydrogen) atoms. The van der Waals surface area contributed by atoms with Crippen molar-refractivity contribution in [3.63, 3.8) is 0 Å². The van der Waals surface area contributed by atoms with E-state index in [1.165, 1.54) is 0 Å². The summed E-state index contributed by atoms with van der Waals surface area (Å²) >= 11 is 0. The van der Waals surface area contributed by atoms with E-state index in [-0.39, 0.29) is 41.0 Å². The Kier molecular flexibility index (Phi) is 7.06. The first kappa shape index (κ1) is 26.2. The van der Waals surface area contributed by atoms with Crippen LogP contribution in [-0.4, -0.2) is 46.6 Å². The van der Waals surface area contributed by atoms with Crippen LogP contribution in [0.3, 0.4) is 0 Å². The first-order chi connectivity index (χ1) is 17.1. The molecule has 5 nitrogen and oxygen atoms in total. The number of carbonyl (C=O) groups is 1. The zero-order valence-electron chi connectivity index (χ0n) is 22.6. The molecule has 4 aliphatic carbocycles. The molecule has 5 rings (SSSR count). The number of carbonyl (C=O) groups excluding carboxylic acids is 1. The smallest absolute Gasteiger partial charge is 0.226 e. The van der Waals surface area contributed by atoms with Gasteiger partial charge < -0.3 is 20.2 Å². The van der Waals surface area contributed by atoms with Crippen LogP contribution in [0.2, 0.25) is 0 Å². The molecule has 200 valence electrons. The van der Waals surface area contributed by atoms with Gasteiger partial charge in [-0.1, -0.05) is 39.0 Å². The second-order valence-electron chi connectivity index (χ2n) is 13.3. The Labute approximate surface area is 217 Å². The highest BCUT2D eigenvalue weighted by atomic mass is 16.3. The van der Waals surface area contributed by atoms with E-state index >= 15 is 0 Å². The Balaban J connectivity index is 1.30. The monoisotopic (exact) mass is 497 g/mol. The van der Waals surface area contributed by atoms with Crippen LogP contribution in [-0.2, 0) is 4.79 Å². The number of fused-ring (bicyclic) bond motifs is 5. The lowest BCUT2D eigenvalue weighted by molar-refractivity contribution is -0.207. The number of anilines is 1. The molecule has 1 aromatic carbocycles. The fourth-order valence-corrected chi connectivity index (χ4v) is 9.65. The first-order valence-corrected chi connectivity index (χ1v) is 14.4. The lowest BCUT2D eigenvalue weighted by Gasteiger charge is -2.63. The third-order valence-electron chi connectivity index (χ3n) is 11.9. The fraction of sp³-hybridized carbons (Fsp3) is 0.774. The summed E-state index contributed by atoms with van der Waals surface area (Å²) in [5, 5.41) is 33.5. The van der Waals surface area contributed by atoms with Gasteiger partial charge in [0.15, 0.2) is 0 Å². The molecule has 1 amide bonds. The van der Waals surface area contributed by atoms with E-state index in [0.717, 1.165) is 57.1 Å². The van der Waals surface area contributed by atoms with Crippen LogP contribution >= 0.6 is 0 Å². The van der Waals surface area contributed by atoms with Crippen LogP contribution < -0.4 is 4.90 Å². The van der Waals surface area contributed by atoms with Crippen LogP contribution in [0, 0.1) is 46.3 Å². The maximum absolute atomic E-state index is 12.9. The molecule has 0 unspecified atom stereocenters. The Morgan fingerprint density at radius 2 is 1.75 bits per heavy atom. The van der Waals surface area contributed by atoms with E-state index in [9.17, 15) is 20.1 Å². The summed E-state index contributed by atoms with van der Waals surface area (Å²) in [6.45, 7) is 6.94. The lowest BCUT2D eigenvalue weighted by Crippen LogP contribution is -2.62. The van der Waals surface area contributed by atoms with Gasteiger partial charge in [-0.2, -0.15) is 0 Å². The predicted molar refractivity (Wildman–Crippen MR) is 142 cm³/mol. The molecule has 0 bridgehead atoms. The lowest BCUT2D eigenvalue weighted by atomic mass is 9.43. The number of hydrogen-bond acceptors (Lipinski definition) is 4. The van der Waals surface area contributed by atoms with Gasteiger partial charge in [0.05, 0.1) is 18.3 Å². The van der Waals surface area contributed by atoms with Gasteiger partial charge in [-0.05, 0) is 110 Å². The highest BCUT2D eigenvalue weighted by Crippen LogP contribution is 2.68. The summed E-state index contributed by atoms with van der Waals surface area (Å²) < 4.78 is 0. The maximum Gasteiger partial charge on any atom is 0.226 e. The fourth-order valence-electron chi connectivity index (χ4n) is 9.65. The number of aliphatic hydroxyl groups is 3. The van der Waals surface area contributed by atoms with Crippen molar-refractivity contribution in [2.45, 2.75) is 96.9 Å². The number of rotatable bonds is 5. The average Bonchev–Trinajstić information content (AvgIpc) is 3.22. The van der Waals surface area contributed by atoms with Crippen molar-refractivity contribution in [1.29, 1.82) is 0 Å². The van der Waals surface area contributed by atoms with Crippen molar-refractivity contribution in [1.82, 2.24) is 0 Å². The number of nitrogens with zero attached hydrogens (tertiary/aromatic N) is 1. The molecule has 11 atom stereocenters. The predicted octanol–water partition coefficient (Wildman–Crippen LogP) is 5.03. The van der Waals surface area contributed by atoms with Crippen molar-refractivity contribution in [2.75, 3.05) is 11.9 Å². The summed E-state index contributed by atoms with van der Waals surface area (Å²) in [6, 6.07) is 9.80. The van der Waals surface area contributed by atoms with Gasteiger partial charge >= 0.3 is 0 Å². The van der Waals surface area contributed by atoms with Crippen LogP contribution in [0.15, 0.2) is 30.3 Å². The molecule has 0 saturated heterocycles. The van der Waals surface area contributed by atoms with E-state index in [0.29, 0.717) is 36.0 Å². The molecule has 0 aliphatic heterocycles. The first-order valence-electron chi connectivity index (χ1n) is 14.4. The molecule has 3 N–H and O–H groups in total. The molecule has 4 saturated carbocycles. The van der Waals surface area contributed by atoms with E-state index in [4.69, 9.17) is 0 Å². The molecular weight excluding hydrogens is 450 g/mol.